The lowest BCUT2D eigenvalue weighted by Crippen LogP contribution is -2.14. The van der Waals surface area contributed by atoms with Crippen LogP contribution < -0.4 is 14.4 Å². The predicted octanol–water partition coefficient (Wildman–Crippen LogP) is 5.79. The van der Waals surface area contributed by atoms with Crippen LogP contribution in [0, 0.1) is 13.8 Å². The van der Waals surface area contributed by atoms with Crippen molar-refractivity contribution in [2.24, 2.45) is 0 Å². The SMILES string of the molecule is COc1ccc(N(c2cccc(C(=O)O)c2)c2noc(C)c2C)cc1OC1CCCC1. The Morgan fingerprint density at radius 2 is 1.84 bits per heavy atom. The number of nitrogens with zero attached hydrogens (tertiary/aromatic N) is 2. The van der Waals surface area contributed by atoms with Crippen LogP contribution in [0.3, 0.4) is 0 Å². The van der Waals surface area contributed by atoms with Gasteiger partial charge in [0, 0.05) is 17.3 Å². The van der Waals surface area contributed by atoms with Gasteiger partial charge in [-0.25, -0.2) is 4.79 Å². The van der Waals surface area contributed by atoms with Crippen molar-refractivity contribution in [1.82, 2.24) is 5.16 Å². The monoisotopic (exact) mass is 422 g/mol. The molecule has 7 heteroatoms. The Hall–Kier alpha value is -3.48. The van der Waals surface area contributed by atoms with Crippen LogP contribution >= 0.6 is 0 Å². The van der Waals surface area contributed by atoms with Crippen molar-refractivity contribution in [1.29, 1.82) is 0 Å². The van der Waals surface area contributed by atoms with Gasteiger partial charge in [-0.05, 0) is 69.9 Å². The molecule has 0 bridgehead atoms. The molecule has 1 fully saturated rings. The summed E-state index contributed by atoms with van der Waals surface area (Å²) < 4.78 is 17.2. The van der Waals surface area contributed by atoms with Crippen LogP contribution in [-0.2, 0) is 0 Å². The Kier molecular flexibility index (Phi) is 5.84. The quantitative estimate of drug-likeness (QED) is 0.516. The predicted molar refractivity (Wildman–Crippen MR) is 117 cm³/mol. The second-order valence-electron chi connectivity index (χ2n) is 7.74. The first kappa shape index (κ1) is 20.8. The van der Waals surface area contributed by atoms with E-state index in [4.69, 9.17) is 14.0 Å². The van der Waals surface area contributed by atoms with E-state index in [1.165, 1.54) is 0 Å². The molecule has 0 amide bonds. The third kappa shape index (κ3) is 4.21. The first-order chi connectivity index (χ1) is 15.0. The number of carbonyl (C=O) groups is 1. The van der Waals surface area contributed by atoms with Crippen LogP contribution in [0.15, 0.2) is 47.0 Å². The highest BCUT2D eigenvalue weighted by molar-refractivity contribution is 5.90. The average molecular weight is 422 g/mol. The summed E-state index contributed by atoms with van der Waals surface area (Å²) in [7, 11) is 1.62. The zero-order valence-electron chi connectivity index (χ0n) is 17.9. The third-order valence-electron chi connectivity index (χ3n) is 5.70. The zero-order chi connectivity index (χ0) is 22.0. The first-order valence-corrected chi connectivity index (χ1v) is 10.4. The topological polar surface area (TPSA) is 85.0 Å². The van der Waals surface area contributed by atoms with Crippen molar-refractivity contribution < 1.29 is 23.9 Å². The van der Waals surface area contributed by atoms with Gasteiger partial charge in [-0.2, -0.15) is 0 Å². The molecule has 0 spiro atoms. The summed E-state index contributed by atoms with van der Waals surface area (Å²) in [5, 5.41) is 13.7. The number of ether oxygens (including phenoxy) is 2. The van der Waals surface area contributed by atoms with E-state index < -0.39 is 5.97 Å². The van der Waals surface area contributed by atoms with Crippen LogP contribution in [0.2, 0.25) is 0 Å². The number of benzene rings is 2. The molecule has 1 aliphatic carbocycles. The van der Waals surface area contributed by atoms with Gasteiger partial charge in [0.1, 0.15) is 5.76 Å². The lowest BCUT2D eigenvalue weighted by Gasteiger charge is -2.25. The maximum absolute atomic E-state index is 11.6. The van der Waals surface area contributed by atoms with Crippen molar-refractivity contribution in [3.63, 3.8) is 0 Å². The number of carboxylic acid groups (broad SMARTS) is 1. The summed E-state index contributed by atoms with van der Waals surface area (Å²) in [5.41, 5.74) is 2.49. The lowest BCUT2D eigenvalue weighted by atomic mass is 10.1. The van der Waals surface area contributed by atoms with E-state index in [0.29, 0.717) is 28.8 Å². The Labute approximate surface area is 181 Å². The van der Waals surface area contributed by atoms with Crippen molar-refractivity contribution in [3.05, 3.63) is 59.4 Å². The fourth-order valence-corrected chi connectivity index (χ4v) is 3.87. The Morgan fingerprint density at radius 3 is 2.48 bits per heavy atom. The van der Waals surface area contributed by atoms with Gasteiger partial charge in [0.05, 0.1) is 24.5 Å². The van der Waals surface area contributed by atoms with E-state index in [1.807, 2.05) is 43.0 Å². The number of aromatic carboxylic acids is 1. The summed E-state index contributed by atoms with van der Waals surface area (Å²) in [6, 6.07) is 12.4. The molecule has 1 N–H and O–H groups in total. The molecule has 3 aromatic rings. The molecule has 1 saturated carbocycles. The van der Waals surface area contributed by atoms with Crippen molar-refractivity contribution in [2.45, 2.75) is 45.6 Å². The number of rotatable bonds is 7. The highest BCUT2D eigenvalue weighted by atomic mass is 16.5. The number of hydrogen-bond donors (Lipinski definition) is 1. The van der Waals surface area contributed by atoms with Gasteiger partial charge < -0.3 is 19.1 Å². The molecule has 2 aromatic carbocycles. The maximum Gasteiger partial charge on any atom is 0.335 e. The van der Waals surface area contributed by atoms with Crippen LogP contribution in [0.4, 0.5) is 17.2 Å². The number of hydrogen-bond acceptors (Lipinski definition) is 6. The average Bonchev–Trinajstić information content (AvgIpc) is 3.40. The van der Waals surface area contributed by atoms with Crippen molar-refractivity contribution >= 4 is 23.2 Å². The van der Waals surface area contributed by atoms with Gasteiger partial charge in [-0.1, -0.05) is 11.2 Å². The fourth-order valence-electron chi connectivity index (χ4n) is 3.87. The largest absolute Gasteiger partial charge is 0.493 e. The third-order valence-corrected chi connectivity index (χ3v) is 5.70. The number of carboxylic acids is 1. The highest BCUT2D eigenvalue weighted by Crippen LogP contribution is 2.41. The molecule has 0 saturated heterocycles. The summed E-state index contributed by atoms with van der Waals surface area (Å²) in [6.07, 6.45) is 4.55. The smallest absolute Gasteiger partial charge is 0.335 e. The molecule has 0 aliphatic heterocycles. The maximum atomic E-state index is 11.6. The van der Waals surface area contributed by atoms with Gasteiger partial charge in [-0.15, -0.1) is 0 Å². The molecule has 1 heterocycles. The van der Waals surface area contributed by atoms with Crippen LogP contribution in [0.1, 0.15) is 47.4 Å². The summed E-state index contributed by atoms with van der Waals surface area (Å²) in [4.78, 5) is 13.4. The summed E-state index contributed by atoms with van der Waals surface area (Å²) in [6.45, 7) is 3.77. The van der Waals surface area contributed by atoms with Gasteiger partial charge in [-0.3, -0.25) is 4.90 Å². The van der Waals surface area contributed by atoms with Crippen LogP contribution in [-0.4, -0.2) is 29.4 Å². The minimum absolute atomic E-state index is 0.170. The molecule has 31 heavy (non-hydrogen) atoms. The van der Waals surface area contributed by atoms with Gasteiger partial charge in [0.15, 0.2) is 17.3 Å². The molecule has 0 unspecified atom stereocenters. The molecule has 7 nitrogen and oxygen atoms in total. The Balaban J connectivity index is 1.82. The van der Waals surface area contributed by atoms with Crippen LogP contribution in [0.5, 0.6) is 11.5 Å². The standard InChI is InChI=1S/C24H26N2O5/c1-15-16(2)31-25-23(15)26(18-8-6-7-17(13-18)24(27)28)19-11-12-21(29-3)22(14-19)30-20-9-4-5-10-20/h6-8,11-14,20H,4-5,9-10H2,1-3H3,(H,27,28). The van der Waals surface area contributed by atoms with E-state index >= 15 is 0 Å². The molecular weight excluding hydrogens is 396 g/mol. The van der Waals surface area contributed by atoms with Crippen LogP contribution in [0.25, 0.3) is 0 Å². The van der Waals surface area contributed by atoms with Gasteiger partial charge in [0.2, 0.25) is 0 Å². The number of aryl methyl sites for hydroxylation is 1. The second-order valence-corrected chi connectivity index (χ2v) is 7.74. The number of anilines is 3. The second kappa shape index (κ2) is 8.71. The van der Waals surface area contributed by atoms with E-state index in [9.17, 15) is 9.90 Å². The van der Waals surface area contributed by atoms with E-state index in [-0.39, 0.29) is 11.7 Å². The van der Waals surface area contributed by atoms with Gasteiger partial charge in [0.25, 0.3) is 0 Å². The molecular formula is C24H26N2O5. The normalized spacial score (nSPS) is 13.9. The van der Waals surface area contributed by atoms with Crippen molar-refractivity contribution in [3.8, 4) is 11.5 Å². The summed E-state index contributed by atoms with van der Waals surface area (Å²) in [5.74, 6) is 1.62. The van der Waals surface area contributed by atoms with E-state index in [0.717, 1.165) is 36.9 Å². The Bertz CT molecular complexity index is 1090. The van der Waals surface area contributed by atoms with Crippen molar-refractivity contribution in [2.75, 3.05) is 12.0 Å². The fraction of sp³-hybridized carbons (Fsp3) is 0.333. The molecule has 1 aromatic heterocycles. The molecule has 4 rings (SSSR count). The number of aromatic nitrogens is 1. The molecule has 162 valence electrons. The van der Waals surface area contributed by atoms with E-state index in [2.05, 4.69) is 5.16 Å². The minimum Gasteiger partial charge on any atom is -0.493 e. The number of methoxy groups -OCH3 is 1. The first-order valence-electron chi connectivity index (χ1n) is 10.4. The van der Waals surface area contributed by atoms with E-state index in [1.54, 1.807) is 25.3 Å². The van der Waals surface area contributed by atoms with Gasteiger partial charge >= 0.3 is 5.97 Å². The highest BCUT2D eigenvalue weighted by Gasteiger charge is 2.24. The molecule has 0 radical (unpaired) electrons. The minimum atomic E-state index is -0.991. The summed E-state index contributed by atoms with van der Waals surface area (Å²) >= 11 is 0. The Morgan fingerprint density at radius 1 is 1.10 bits per heavy atom. The molecule has 0 atom stereocenters. The zero-order valence-corrected chi connectivity index (χ0v) is 17.9. The molecule has 1 aliphatic rings. The lowest BCUT2D eigenvalue weighted by molar-refractivity contribution is 0.0697.